The Labute approximate surface area is 64.3 Å². The lowest BCUT2D eigenvalue weighted by molar-refractivity contribution is 0.964. The number of nitrogens with one attached hydrogen (secondary N) is 1. The molecule has 1 rings (SSSR count). The first kappa shape index (κ1) is 7.59. The molecular weight excluding hydrogens is 120 g/mol. The molecule has 0 saturated heterocycles. The van der Waals surface area contributed by atoms with E-state index in [-0.39, 0.29) is 23.1 Å². The fourth-order valence-electron chi connectivity index (χ4n) is 0.385. The molecule has 4 heteroatoms. The quantitative estimate of drug-likeness (QED) is 0.316. The number of thiol groups is 1. The van der Waals surface area contributed by atoms with Crippen molar-refractivity contribution in [2.24, 2.45) is 4.99 Å². The van der Waals surface area contributed by atoms with Gasteiger partial charge in [0.15, 0.2) is 5.17 Å². The smallest absolute Gasteiger partial charge is 0.316 e. The molecule has 0 amide bonds. The number of hydrogen-bond acceptors (Lipinski definition) is 2. The summed E-state index contributed by atoms with van der Waals surface area (Å²) in [6.45, 7) is 1.84. The van der Waals surface area contributed by atoms with E-state index in [0.717, 1.165) is 18.3 Å². The van der Waals surface area contributed by atoms with E-state index in [9.17, 15) is 0 Å². The van der Waals surface area contributed by atoms with E-state index in [2.05, 4.69) is 22.9 Å². The summed E-state index contributed by atoms with van der Waals surface area (Å²) in [4.78, 5) is 3.91. The zero-order valence-corrected chi connectivity index (χ0v) is 4.20. The molecule has 7 heavy (non-hydrogen) atoms. The maximum Gasteiger partial charge on any atom is 0.316 e. The van der Waals surface area contributed by atoms with Crippen LogP contribution in [0.1, 0.15) is 0 Å². The summed E-state index contributed by atoms with van der Waals surface area (Å²) in [6.07, 6.45) is 0. The lowest BCUT2D eigenvalue weighted by Crippen LogP contribution is -2.11. The summed E-state index contributed by atoms with van der Waals surface area (Å²) in [5, 5.41) is 3.71. The third-order valence-electron chi connectivity index (χ3n) is 0.656. The van der Waals surface area contributed by atoms with Crippen molar-refractivity contribution in [2.75, 3.05) is 13.1 Å². The average Bonchev–Trinajstić information content (AvgIpc) is 1.86. The van der Waals surface area contributed by atoms with E-state index in [0.29, 0.717) is 0 Å². The molecular formula is C3H8MgN2S. The van der Waals surface area contributed by atoms with Crippen LogP contribution in [0.4, 0.5) is 0 Å². The second kappa shape index (κ2) is 3.57. The highest BCUT2D eigenvalue weighted by atomic mass is 32.1. The highest BCUT2D eigenvalue weighted by Crippen LogP contribution is 1.85. The van der Waals surface area contributed by atoms with Crippen molar-refractivity contribution in [1.82, 2.24) is 5.32 Å². The van der Waals surface area contributed by atoms with E-state index in [1.807, 2.05) is 0 Å². The van der Waals surface area contributed by atoms with Gasteiger partial charge < -0.3 is 5.32 Å². The predicted molar refractivity (Wildman–Crippen MR) is 37.8 cm³/mol. The largest absolute Gasteiger partial charge is 0.363 e. The molecule has 1 aliphatic rings. The van der Waals surface area contributed by atoms with E-state index in [4.69, 9.17) is 0 Å². The lowest BCUT2D eigenvalue weighted by atomic mass is 10.7. The standard InChI is InChI=1S/C3H6N2S.Mg.2H/c6-3-4-1-2-5-3;;;/h1-2H2,(H2,4,5,6);;;. The average molecular weight is 128 g/mol. The zero-order valence-electron chi connectivity index (χ0n) is 3.31. The van der Waals surface area contributed by atoms with E-state index < -0.39 is 0 Å². The fourth-order valence-corrected chi connectivity index (χ4v) is 0.597. The molecule has 0 fully saturated rings. The normalized spacial score (nSPS) is 17.0. The maximum absolute atomic E-state index is 3.93. The minimum absolute atomic E-state index is 0. The van der Waals surface area contributed by atoms with Crippen molar-refractivity contribution in [3.05, 3.63) is 0 Å². The van der Waals surface area contributed by atoms with E-state index in [1.54, 1.807) is 0 Å². The molecule has 0 aromatic rings. The number of nitrogens with zero attached hydrogens (tertiary/aromatic N) is 1. The van der Waals surface area contributed by atoms with Crippen LogP contribution in [0.2, 0.25) is 0 Å². The van der Waals surface area contributed by atoms with Crippen LogP contribution in [-0.2, 0) is 0 Å². The van der Waals surface area contributed by atoms with Crippen LogP contribution in [0.15, 0.2) is 4.99 Å². The van der Waals surface area contributed by atoms with Gasteiger partial charge in [0.25, 0.3) is 0 Å². The van der Waals surface area contributed by atoms with Crippen molar-refractivity contribution in [3.8, 4) is 0 Å². The first-order valence-electron chi connectivity index (χ1n) is 1.87. The van der Waals surface area contributed by atoms with E-state index in [1.165, 1.54) is 0 Å². The number of amidine groups is 1. The van der Waals surface area contributed by atoms with Gasteiger partial charge in [-0.1, -0.05) is 0 Å². The molecule has 0 bridgehead atoms. The highest BCUT2D eigenvalue weighted by molar-refractivity contribution is 7.96. The van der Waals surface area contributed by atoms with Crippen LogP contribution < -0.4 is 5.32 Å². The Bertz CT molecular complexity index is 83.0. The van der Waals surface area contributed by atoms with Gasteiger partial charge in [-0.3, -0.25) is 4.99 Å². The first-order valence-corrected chi connectivity index (χ1v) is 2.31. The van der Waals surface area contributed by atoms with Crippen LogP contribution in [0.25, 0.3) is 0 Å². The molecule has 1 heterocycles. The number of aliphatic imine (C=N–C) groups is 1. The Balaban J connectivity index is 0.000000360. The summed E-state index contributed by atoms with van der Waals surface area (Å²) >= 11 is 3.93. The monoisotopic (exact) mass is 128 g/mol. The molecule has 0 radical (unpaired) electrons. The molecule has 1 aliphatic heterocycles. The molecule has 0 spiro atoms. The summed E-state index contributed by atoms with van der Waals surface area (Å²) < 4.78 is 0. The fraction of sp³-hybridized carbons (Fsp3) is 0.667. The topological polar surface area (TPSA) is 24.4 Å². The van der Waals surface area contributed by atoms with Crippen molar-refractivity contribution in [2.45, 2.75) is 0 Å². The second-order valence-corrected chi connectivity index (χ2v) is 1.56. The number of hydrogen-bond donors (Lipinski definition) is 2. The minimum Gasteiger partial charge on any atom is -0.363 e. The van der Waals surface area contributed by atoms with Gasteiger partial charge in [0.1, 0.15) is 0 Å². The van der Waals surface area contributed by atoms with Crippen molar-refractivity contribution in [1.29, 1.82) is 0 Å². The van der Waals surface area contributed by atoms with Crippen molar-refractivity contribution >= 4 is 40.8 Å². The summed E-state index contributed by atoms with van der Waals surface area (Å²) in [7, 11) is 0. The molecule has 2 nitrogen and oxygen atoms in total. The Hall–Kier alpha value is 0.586. The van der Waals surface area contributed by atoms with Gasteiger partial charge in [0.05, 0.1) is 6.54 Å². The van der Waals surface area contributed by atoms with Crippen LogP contribution in [0.5, 0.6) is 0 Å². The van der Waals surface area contributed by atoms with E-state index >= 15 is 0 Å². The maximum atomic E-state index is 3.93. The molecule has 0 aromatic heterocycles. The predicted octanol–water partition coefficient (Wildman–Crippen LogP) is -1.04. The van der Waals surface area contributed by atoms with Crippen LogP contribution in [0, 0.1) is 0 Å². The molecule has 0 atom stereocenters. The van der Waals surface area contributed by atoms with Gasteiger partial charge >= 0.3 is 23.1 Å². The molecule has 0 aliphatic carbocycles. The highest BCUT2D eigenvalue weighted by Gasteiger charge is 1.94. The Morgan fingerprint density at radius 3 is 2.57 bits per heavy atom. The summed E-state index contributed by atoms with van der Waals surface area (Å²) in [5.74, 6) is 0. The number of rotatable bonds is 0. The van der Waals surface area contributed by atoms with Gasteiger partial charge in [-0.05, 0) is 0 Å². The second-order valence-electron chi connectivity index (χ2n) is 1.13. The van der Waals surface area contributed by atoms with Gasteiger partial charge in [0, 0.05) is 6.54 Å². The third kappa shape index (κ3) is 2.41. The Kier molecular flexibility index (Phi) is 3.87. The van der Waals surface area contributed by atoms with Gasteiger partial charge in [0.2, 0.25) is 0 Å². The van der Waals surface area contributed by atoms with Crippen LogP contribution in [-0.4, -0.2) is 41.3 Å². The first-order chi connectivity index (χ1) is 2.89. The Morgan fingerprint density at radius 2 is 2.43 bits per heavy atom. The molecule has 0 unspecified atom stereocenters. The molecule has 0 aromatic carbocycles. The van der Waals surface area contributed by atoms with Crippen LogP contribution in [0.3, 0.4) is 0 Å². The zero-order chi connectivity index (χ0) is 4.41. The van der Waals surface area contributed by atoms with Gasteiger partial charge in [-0.2, -0.15) is 0 Å². The molecule has 38 valence electrons. The van der Waals surface area contributed by atoms with Crippen LogP contribution >= 0.6 is 12.6 Å². The SMILES string of the molecule is SC1=NCCN1.[MgH2]. The van der Waals surface area contributed by atoms with Gasteiger partial charge in [-0.25, -0.2) is 0 Å². The molecule has 1 N–H and O–H groups in total. The van der Waals surface area contributed by atoms with Crippen molar-refractivity contribution < 1.29 is 0 Å². The Morgan fingerprint density at radius 1 is 1.71 bits per heavy atom. The van der Waals surface area contributed by atoms with Crippen molar-refractivity contribution in [3.63, 3.8) is 0 Å². The van der Waals surface area contributed by atoms with Gasteiger partial charge in [-0.15, -0.1) is 12.6 Å². The third-order valence-corrected chi connectivity index (χ3v) is 0.956. The lowest BCUT2D eigenvalue weighted by Gasteiger charge is -1.84. The summed E-state index contributed by atoms with van der Waals surface area (Å²) in [5.41, 5.74) is 0. The minimum atomic E-state index is 0. The summed E-state index contributed by atoms with van der Waals surface area (Å²) in [6, 6.07) is 0. The molecule has 0 saturated carbocycles.